The molecule has 2 aromatic rings. The van der Waals surface area contributed by atoms with E-state index in [2.05, 4.69) is 0 Å². The molecule has 0 aliphatic rings. The summed E-state index contributed by atoms with van der Waals surface area (Å²) in [6, 6.07) is 16.8. The van der Waals surface area contributed by atoms with Gasteiger partial charge in [0.05, 0.1) is 0 Å². The number of carbonyl (C=O) groups excluding carboxylic acids is 2. The van der Waals surface area contributed by atoms with Crippen molar-refractivity contribution in [3.05, 3.63) is 71.3 Å². The van der Waals surface area contributed by atoms with Crippen LogP contribution in [0.15, 0.2) is 54.6 Å². The van der Waals surface area contributed by atoms with Gasteiger partial charge in [-0.1, -0.05) is 54.6 Å². The molecule has 0 aromatic heterocycles. The van der Waals surface area contributed by atoms with E-state index < -0.39 is 0 Å². The maximum Gasteiger partial charge on any atom is 0.163 e. The largest absolute Gasteiger partial charge is 0.298 e. The zero-order valence-corrected chi connectivity index (χ0v) is 10.0. The molecule has 0 N–H and O–H groups in total. The van der Waals surface area contributed by atoms with Crippen LogP contribution in [-0.4, -0.2) is 12.1 Å². The summed E-state index contributed by atoms with van der Waals surface area (Å²) >= 11 is 0. The molecule has 0 amide bonds. The fraction of sp³-hybridized carbons (Fsp3) is 0.125. The summed E-state index contributed by atoms with van der Waals surface area (Å²) in [7, 11) is 0. The van der Waals surface area contributed by atoms with Gasteiger partial charge in [-0.15, -0.1) is 0 Å². The summed E-state index contributed by atoms with van der Waals surface area (Å²) in [4.78, 5) is 22.9. The van der Waals surface area contributed by atoms with Crippen LogP contribution in [0.2, 0.25) is 0 Å². The number of ketones is 1. The molecule has 2 nitrogen and oxygen atoms in total. The van der Waals surface area contributed by atoms with Gasteiger partial charge in [0, 0.05) is 17.5 Å². The van der Waals surface area contributed by atoms with Crippen LogP contribution >= 0.6 is 0 Å². The van der Waals surface area contributed by atoms with E-state index >= 15 is 0 Å². The Morgan fingerprint density at radius 2 is 1.61 bits per heavy atom. The summed E-state index contributed by atoms with van der Waals surface area (Å²) < 4.78 is 0. The maximum atomic E-state index is 12.0. The molecule has 90 valence electrons. The van der Waals surface area contributed by atoms with Crippen LogP contribution in [0.4, 0.5) is 0 Å². The zero-order chi connectivity index (χ0) is 12.8. The number of benzene rings is 2. The lowest BCUT2D eigenvalue weighted by Crippen LogP contribution is -2.04. The summed E-state index contributed by atoms with van der Waals surface area (Å²) in [6.45, 7) is 0. The first-order valence-corrected chi connectivity index (χ1v) is 5.92. The Kier molecular flexibility index (Phi) is 4.02. The molecule has 0 unspecified atom stereocenters. The molecule has 0 spiro atoms. The predicted molar refractivity (Wildman–Crippen MR) is 70.9 cm³/mol. The number of rotatable bonds is 5. The third kappa shape index (κ3) is 2.92. The minimum Gasteiger partial charge on any atom is -0.298 e. The summed E-state index contributed by atoms with van der Waals surface area (Å²) in [5.41, 5.74) is 2.12. The van der Waals surface area contributed by atoms with Gasteiger partial charge in [-0.25, -0.2) is 0 Å². The minimum absolute atomic E-state index is 0.0153. The van der Waals surface area contributed by atoms with Crippen LogP contribution in [0.25, 0.3) is 0 Å². The summed E-state index contributed by atoms with van der Waals surface area (Å²) in [5.74, 6) is 0.0153. The van der Waals surface area contributed by atoms with Crippen LogP contribution in [-0.2, 0) is 6.42 Å². The van der Waals surface area contributed by atoms with Gasteiger partial charge in [-0.2, -0.15) is 0 Å². The summed E-state index contributed by atoms with van der Waals surface area (Å²) in [5, 5.41) is 0. The first-order valence-electron chi connectivity index (χ1n) is 5.92. The monoisotopic (exact) mass is 238 g/mol. The normalized spacial score (nSPS) is 10.0. The van der Waals surface area contributed by atoms with Crippen LogP contribution in [0, 0.1) is 0 Å². The van der Waals surface area contributed by atoms with Gasteiger partial charge in [0.25, 0.3) is 0 Å². The number of carbonyl (C=O) groups is 2. The molecule has 0 bridgehead atoms. The number of hydrogen-bond donors (Lipinski definition) is 0. The van der Waals surface area contributed by atoms with Crippen LogP contribution in [0.3, 0.4) is 0 Å². The van der Waals surface area contributed by atoms with E-state index in [1.165, 1.54) is 0 Å². The molecule has 0 fully saturated rings. The van der Waals surface area contributed by atoms with Crippen molar-refractivity contribution in [2.75, 3.05) is 0 Å². The number of aryl methyl sites for hydroxylation is 1. The molecule has 0 atom stereocenters. The van der Waals surface area contributed by atoms with E-state index in [9.17, 15) is 9.59 Å². The Hall–Kier alpha value is -2.22. The molecule has 0 radical (unpaired) electrons. The van der Waals surface area contributed by atoms with Gasteiger partial charge in [0.1, 0.15) is 0 Å². The standard InChI is InChI=1S/C16H14O2/c17-12-14-8-4-5-9-15(14)16(18)11-10-13-6-2-1-3-7-13/h1-9,12H,10-11H2. The van der Waals surface area contributed by atoms with Crippen molar-refractivity contribution in [1.29, 1.82) is 0 Å². The van der Waals surface area contributed by atoms with Gasteiger partial charge in [-0.3, -0.25) is 9.59 Å². The van der Waals surface area contributed by atoms with Gasteiger partial charge in [0.15, 0.2) is 12.1 Å². The molecular formula is C16H14O2. The lowest BCUT2D eigenvalue weighted by atomic mass is 9.99. The average Bonchev–Trinajstić information content (AvgIpc) is 2.45. The maximum absolute atomic E-state index is 12.0. The molecule has 0 aliphatic heterocycles. The second-order valence-corrected chi connectivity index (χ2v) is 4.11. The Morgan fingerprint density at radius 1 is 0.944 bits per heavy atom. The SMILES string of the molecule is O=Cc1ccccc1C(=O)CCc1ccccc1. The molecule has 0 saturated heterocycles. The van der Waals surface area contributed by atoms with E-state index in [4.69, 9.17) is 0 Å². The topological polar surface area (TPSA) is 34.1 Å². The second-order valence-electron chi connectivity index (χ2n) is 4.11. The third-order valence-corrected chi connectivity index (χ3v) is 2.87. The molecular weight excluding hydrogens is 224 g/mol. The second kappa shape index (κ2) is 5.92. The van der Waals surface area contributed by atoms with Gasteiger partial charge < -0.3 is 0 Å². The van der Waals surface area contributed by atoms with Gasteiger partial charge >= 0.3 is 0 Å². The van der Waals surface area contributed by atoms with Crippen LogP contribution < -0.4 is 0 Å². The third-order valence-electron chi connectivity index (χ3n) is 2.87. The van der Waals surface area contributed by atoms with Crippen molar-refractivity contribution in [3.63, 3.8) is 0 Å². The Labute approximate surface area is 106 Å². The molecule has 0 saturated carbocycles. The fourth-order valence-electron chi connectivity index (χ4n) is 1.89. The van der Waals surface area contributed by atoms with E-state index in [0.717, 1.165) is 11.8 Å². The highest BCUT2D eigenvalue weighted by atomic mass is 16.1. The molecule has 0 heterocycles. The zero-order valence-electron chi connectivity index (χ0n) is 10.0. The molecule has 0 aliphatic carbocycles. The number of hydrogen-bond acceptors (Lipinski definition) is 2. The predicted octanol–water partition coefficient (Wildman–Crippen LogP) is 3.31. The summed E-state index contributed by atoms with van der Waals surface area (Å²) in [6.07, 6.45) is 1.86. The molecule has 2 heteroatoms. The van der Waals surface area contributed by atoms with E-state index in [-0.39, 0.29) is 5.78 Å². The lowest BCUT2D eigenvalue weighted by molar-refractivity contribution is 0.0976. The van der Waals surface area contributed by atoms with Crippen LogP contribution in [0.5, 0.6) is 0 Å². The molecule has 2 rings (SSSR count). The minimum atomic E-state index is 0.0153. The lowest BCUT2D eigenvalue weighted by Gasteiger charge is -2.04. The quantitative estimate of drug-likeness (QED) is 0.591. The highest BCUT2D eigenvalue weighted by Gasteiger charge is 2.10. The van der Waals surface area contributed by atoms with Crippen molar-refractivity contribution in [2.45, 2.75) is 12.8 Å². The van der Waals surface area contributed by atoms with E-state index in [1.807, 2.05) is 30.3 Å². The fourth-order valence-corrected chi connectivity index (χ4v) is 1.89. The van der Waals surface area contributed by atoms with Crippen molar-refractivity contribution in [2.24, 2.45) is 0 Å². The van der Waals surface area contributed by atoms with Crippen molar-refractivity contribution < 1.29 is 9.59 Å². The Bertz CT molecular complexity index is 544. The van der Waals surface area contributed by atoms with Crippen molar-refractivity contribution >= 4 is 12.1 Å². The first-order chi connectivity index (χ1) is 8.81. The number of aldehydes is 1. The first kappa shape index (κ1) is 12.2. The average molecular weight is 238 g/mol. The molecule has 18 heavy (non-hydrogen) atoms. The highest BCUT2D eigenvalue weighted by molar-refractivity contribution is 6.02. The van der Waals surface area contributed by atoms with E-state index in [1.54, 1.807) is 24.3 Å². The van der Waals surface area contributed by atoms with E-state index in [0.29, 0.717) is 24.0 Å². The highest BCUT2D eigenvalue weighted by Crippen LogP contribution is 2.11. The van der Waals surface area contributed by atoms with Gasteiger partial charge in [-0.05, 0) is 12.0 Å². The van der Waals surface area contributed by atoms with Crippen LogP contribution in [0.1, 0.15) is 32.7 Å². The van der Waals surface area contributed by atoms with Gasteiger partial charge in [0.2, 0.25) is 0 Å². The Balaban J connectivity index is 2.06. The number of Topliss-reactive ketones (excluding diaryl/α,β-unsaturated/α-hetero) is 1. The van der Waals surface area contributed by atoms with Crippen molar-refractivity contribution in [1.82, 2.24) is 0 Å². The molecule has 2 aromatic carbocycles. The smallest absolute Gasteiger partial charge is 0.163 e. The Morgan fingerprint density at radius 3 is 2.33 bits per heavy atom. The van der Waals surface area contributed by atoms with Crippen molar-refractivity contribution in [3.8, 4) is 0 Å².